The number of nitrogens with two attached hydrogens (primary N) is 1. The zero-order valence-electron chi connectivity index (χ0n) is 15.3. The number of aryl methyl sites for hydroxylation is 1. The lowest BCUT2D eigenvalue weighted by atomic mass is 10.1. The van der Waals surface area contributed by atoms with Crippen LogP contribution in [0.2, 0.25) is 0 Å². The molecule has 1 atom stereocenters. The van der Waals surface area contributed by atoms with Crippen molar-refractivity contribution in [3.63, 3.8) is 0 Å². The quantitative estimate of drug-likeness (QED) is 0.671. The van der Waals surface area contributed by atoms with Crippen LogP contribution in [0.1, 0.15) is 34.6 Å². The number of nitrogens with zero attached hydrogens (tertiary/aromatic N) is 2. The molecule has 5 nitrogen and oxygen atoms in total. The predicted octanol–water partition coefficient (Wildman–Crippen LogP) is 2.97. The van der Waals surface area contributed by atoms with Crippen molar-refractivity contribution in [1.29, 1.82) is 0 Å². The molecule has 2 heterocycles. The first-order chi connectivity index (χ1) is 12.0. The van der Waals surface area contributed by atoms with Crippen LogP contribution in [-0.4, -0.2) is 48.1 Å². The number of ether oxygens (including phenoxy) is 1. The van der Waals surface area contributed by atoms with Gasteiger partial charge in [0.25, 0.3) is 0 Å². The van der Waals surface area contributed by atoms with Crippen molar-refractivity contribution in [2.45, 2.75) is 32.8 Å². The van der Waals surface area contributed by atoms with E-state index in [1.165, 1.54) is 0 Å². The monoisotopic (exact) mass is 341 g/mol. The Morgan fingerprint density at radius 2 is 2.00 bits per heavy atom. The summed E-state index contributed by atoms with van der Waals surface area (Å²) in [6.07, 6.45) is 2.40. The van der Waals surface area contributed by atoms with E-state index in [-0.39, 0.29) is 11.9 Å². The topological polar surface area (TPSA) is 60.5 Å². The van der Waals surface area contributed by atoms with Gasteiger partial charge in [-0.15, -0.1) is 0 Å². The van der Waals surface area contributed by atoms with Crippen LogP contribution in [0.5, 0.6) is 0 Å². The number of rotatable bonds is 5. The van der Waals surface area contributed by atoms with E-state index >= 15 is 0 Å². The minimum Gasteiger partial charge on any atom is -0.399 e. The number of ketones is 1. The third-order valence-corrected chi connectivity index (χ3v) is 5.05. The van der Waals surface area contributed by atoms with Gasteiger partial charge in [-0.3, -0.25) is 9.69 Å². The summed E-state index contributed by atoms with van der Waals surface area (Å²) in [4.78, 5) is 15.1. The first-order valence-electron chi connectivity index (χ1n) is 8.83. The first-order valence-corrected chi connectivity index (χ1v) is 8.83. The van der Waals surface area contributed by atoms with E-state index in [0.717, 1.165) is 54.3 Å². The van der Waals surface area contributed by atoms with Gasteiger partial charge in [-0.1, -0.05) is 0 Å². The smallest absolute Gasteiger partial charge is 0.178 e. The largest absolute Gasteiger partial charge is 0.399 e. The average Bonchev–Trinajstić information content (AvgIpc) is 2.90. The molecule has 0 spiro atoms. The Hall–Kier alpha value is -2.11. The molecule has 1 unspecified atom stereocenters. The van der Waals surface area contributed by atoms with Gasteiger partial charge >= 0.3 is 0 Å². The molecular formula is C20H27N3O2. The van der Waals surface area contributed by atoms with Crippen molar-refractivity contribution in [1.82, 2.24) is 9.47 Å². The van der Waals surface area contributed by atoms with Gasteiger partial charge in [0.1, 0.15) is 0 Å². The second kappa shape index (κ2) is 7.42. The molecule has 134 valence electrons. The van der Waals surface area contributed by atoms with Gasteiger partial charge in [0, 0.05) is 42.0 Å². The highest BCUT2D eigenvalue weighted by Gasteiger charge is 2.23. The highest BCUT2D eigenvalue weighted by atomic mass is 16.5. The molecule has 0 aliphatic carbocycles. The summed E-state index contributed by atoms with van der Waals surface area (Å²) in [5.41, 5.74) is 10.4. The summed E-state index contributed by atoms with van der Waals surface area (Å²) >= 11 is 0. The lowest BCUT2D eigenvalue weighted by molar-refractivity contribution is 0.0314. The number of carbonyl (C=O) groups excluding carboxylic acids is 1. The number of methoxy groups -OCH3 is 1. The minimum atomic E-state index is 0.173. The average molecular weight is 341 g/mol. The third-order valence-electron chi connectivity index (χ3n) is 5.05. The van der Waals surface area contributed by atoms with Crippen molar-refractivity contribution < 1.29 is 9.53 Å². The van der Waals surface area contributed by atoms with Crippen LogP contribution in [0.4, 0.5) is 5.69 Å². The van der Waals surface area contributed by atoms with E-state index in [4.69, 9.17) is 10.5 Å². The Labute approximate surface area is 149 Å². The fourth-order valence-electron chi connectivity index (χ4n) is 3.70. The van der Waals surface area contributed by atoms with Gasteiger partial charge < -0.3 is 15.0 Å². The summed E-state index contributed by atoms with van der Waals surface area (Å²) in [6, 6.07) is 9.73. The molecule has 1 aromatic heterocycles. The fourth-order valence-corrected chi connectivity index (χ4v) is 3.70. The summed E-state index contributed by atoms with van der Waals surface area (Å²) in [6.45, 7) is 6.28. The van der Waals surface area contributed by atoms with Crippen LogP contribution in [0.25, 0.3) is 5.69 Å². The number of Topliss-reactive ketones (excluding diaryl/α,β-unsaturated/α-hetero) is 1. The molecular weight excluding hydrogens is 314 g/mol. The second-order valence-electron chi connectivity index (χ2n) is 6.87. The molecule has 1 aliphatic heterocycles. The van der Waals surface area contributed by atoms with Crippen LogP contribution < -0.4 is 5.73 Å². The zero-order chi connectivity index (χ0) is 18.0. The molecule has 25 heavy (non-hydrogen) atoms. The van der Waals surface area contributed by atoms with Gasteiger partial charge in [0.15, 0.2) is 5.78 Å². The number of piperidine rings is 1. The number of aromatic nitrogens is 1. The van der Waals surface area contributed by atoms with Gasteiger partial charge in [0.05, 0.1) is 12.6 Å². The maximum Gasteiger partial charge on any atom is 0.178 e. The van der Waals surface area contributed by atoms with E-state index in [9.17, 15) is 4.79 Å². The van der Waals surface area contributed by atoms with Crippen LogP contribution in [0.15, 0.2) is 30.3 Å². The zero-order valence-corrected chi connectivity index (χ0v) is 15.3. The Morgan fingerprint density at radius 1 is 1.28 bits per heavy atom. The maximum atomic E-state index is 12.9. The fraction of sp³-hybridized carbons (Fsp3) is 0.450. The number of nitrogen functional groups attached to an aromatic ring is 1. The van der Waals surface area contributed by atoms with E-state index in [1.807, 2.05) is 44.2 Å². The molecule has 0 radical (unpaired) electrons. The number of carbonyl (C=O) groups is 1. The van der Waals surface area contributed by atoms with Crippen molar-refractivity contribution >= 4 is 11.5 Å². The van der Waals surface area contributed by atoms with Gasteiger partial charge in [-0.25, -0.2) is 0 Å². The lowest BCUT2D eigenvalue weighted by Crippen LogP contribution is -2.41. The van der Waals surface area contributed by atoms with Gasteiger partial charge in [0.2, 0.25) is 0 Å². The number of likely N-dealkylation sites (tertiary alicyclic amines) is 1. The Balaban J connectivity index is 1.80. The van der Waals surface area contributed by atoms with E-state index in [2.05, 4.69) is 9.47 Å². The number of hydrogen-bond donors (Lipinski definition) is 1. The minimum absolute atomic E-state index is 0.173. The Kier molecular flexibility index (Phi) is 5.25. The Bertz CT molecular complexity index is 749. The Morgan fingerprint density at radius 3 is 2.68 bits per heavy atom. The summed E-state index contributed by atoms with van der Waals surface area (Å²) in [7, 11) is 1.75. The summed E-state index contributed by atoms with van der Waals surface area (Å²) < 4.78 is 7.57. The normalized spacial score (nSPS) is 18.4. The van der Waals surface area contributed by atoms with Crippen molar-refractivity contribution in [2.75, 3.05) is 32.5 Å². The first kappa shape index (κ1) is 17.7. The number of hydrogen-bond acceptors (Lipinski definition) is 4. The highest BCUT2D eigenvalue weighted by Crippen LogP contribution is 2.23. The van der Waals surface area contributed by atoms with Crippen LogP contribution >= 0.6 is 0 Å². The highest BCUT2D eigenvalue weighted by molar-refractivity contribution is 5.99. The third kappa shape index (κ3) is 3.78. The van der Waals surface area contributed by atoms with Gasteiger partial charge in [-0.05, 0) is 63.6 Å². The molecule has 0 amide bonds. The van der Waals surface area contributed by atoms with E-state index in [1.54, 1.807) is 7.11 Å². The van der Waals surface area contributed by atoms with Crippen molar-refractivity contribution in [3.05, 3.63) is 47.3 Å². The van der Waals surface area contributed by atoms with Gasteiger partial charge in [-0.2, -0.15) is 0 Å². The number of benzene rings is 1. The molecule has 1 aromatic carbocycles. The van der Waals surface area contributed by atoms with E-state index < -0.39 is 0 Å². The molecule has 2 aromatic rings. The standard InChI is InChI=1S/C20H27N3O2/c1-14-11-19(15(2)23(14)17-8-6-16(21)7-9-17)20(24)13-22-10-4-5-18(12-22)25-3/h6-9,11,18H,4-5,10,12-13,21H2,1-3H3. The van der Waals surface area contributed by atoms with Crippen LogP contribution in [0, 0.1) is 13.8 Å². The molecule has 3 rings (SSSR count). The lowest BCUT2D eigenvalue weighted by Gasteiger charge is -2.31. The molecule has 1 aliphatic rings. The number of anilines is 1. The van der Waals surface area contributed by atoms with Crippen molar-refractivity contribution in [2.24, 2.45) is 0 Å². The molecule has 0 saturated carbocycles. The SMILES string of the molecule is COC1CCCN(CC(=O)c2cc(C)n(-c3ccc(N)cc3)c2C)C1. The molecule has 1 fully saturated rings. The van der Waals surface area contributed by atoms with E-state index in [0.29, 0.717) is 6.54 Å². The summed E-state index contributed by atoms with van der Waals surface area (Å²) in [5.74, 6) is 0.173. The second-order valence-corrected chi connectivity index (χ2v) is 6.87. The van der Waals surface area contributed by atoms with Crippen molar-refractivity contribution in [3.8, 4) is 5.69 Å². The summed E-state index contributed by atoms with van der Waals surface area (Å²) in [5, 5.41) is 0. The van der Waals surface area contributed by atoms with Crippen LogP contribution in [0.3, 0.4) is 0 Å². The van der Waals surface area contributed by atoms with Crippen LogP contribution in [-0.2, 0) is 4.74 Å². The molecule has 1 saturated heterocycles. The molecule has 0 bridgehead atoms. The molecule has 2 N–H and O–H groups in total. The molecule has 5 heteroatoms. The maximum absolute atomic E-state index is 12.9. The predicted molar refractivity (Wildman–Crippen MR) is 100 cm³/mol.